The van der Waals surface area contributed by atoms with Crippen molar-refractivity contribution in [3.8, 4) is 11.8 Å². The van der Waals surface area contributed by atoms with Gasteiger partial charge in [0.05, 0.1) is 12.1 Å². The van der Waals surface area contributed by atoms with E-state index in [1.54, 1.807) is 0 Å². The average Bonchev–Trinajstić information content (AvgIpc) is 2.24. The first kappa shape index (κ1) is 14.0. The van der Waals surface area contributed by atoms with Crippen molar-refractivity contribution in [1.29, 1.82) is 0 Å². The highest BCUT2D eigenvalue weighted by atomic mass is 19.4. The molecule has 0 bridgehead atoms. The molecule has 0 aliphatic heterocycles. The lowest BCUT2D eigenvalue weighted by atomic mass is 10.1. The zero-order chi connectivity index (χ0) is 13.8. The van der Waals surface area contributed by atoms with E-state index in [-0.39, 0.29) is 18.0 Å². The van der Waals surface area contributed by atoms with Gasteiger partial charge in [-0.3, -0.25) is 4.79 Å². The quantitative estimate of drug-likeness (QED) is 0.608. The van der Waals surface area contributed by atoms with Crippen molar-refractivity contribution in [2.45, 2.75) is 13.1 Å². The van der Waals surface area contributed by atoms with Crippen LogP contribution in [0.5, 0.6) is 0 Å². The van der Waals surface area contributed by atoms with Crippen molar-refractivity contribution in [2.75, 3.05) is 6.54 Å². The van der Waals surface area contributed by atoms with E-state index in [1.807, 2.05) is 0 Å². The average molecular weight is 259 g/mol. The molecule has 1 rings (SSSR count). The monoisotopic (exact) mass is 259 g/mol. The lowest BCUT2D eigenvalue weighted by Gasteiger charge is -2.08. The third kappa shape index (κ3) is 4.09. The third-order valence-corrected chi connectivity index (χ3v) is 1.94. The summed E-state index contributed by atoms with van der Waals surface area (Å²) in [4.78, 5) is 10.5. The maximum Gasteiger partial charge on any atom is 0.417 e. The zero-order valence-corrected chi connectivity index (χ0v) is 9.36. The molecule has 1 N–H and O–H groups in total. The standard InChI is InChI=1S/C12H9F4NO/c1-8(18)17-6-2-3-9-4-5-10(13)7-11(9)12(14,15)16/h4-5,7H,6H2,1H3,(H,17,18). The van der Waals surface area contributed by atoms with E-state index in [9.17, 15) is 22.4 Å². The van der Waals surface area contributed by atoms with Crippen LogP contribution < -0.4 is 5.32 Å². The number of carbonyl (C=O) groups is 1. The van der Waals surface area contributed by atoms with E-state index < -0.39 is 17.6 Å². The summed E-state index contributed by atoms with van der Waals surface area (Å²) in [5.41, 5.74) is -1.45. The van der Waals surface area contributed by atoms with Crippen molar-refractivity contribution >= 4 is 5.91 Å². The van der Waals surface area contributed by atoms with Crippen LogP contribution in [-0.2, 0) is 11.0 Å². The smallest absolute Gasteiger partial charge is 0.345 e. The van der Waals surface area contributed by atoms with Gasteiger partial charge in [-0.25, -0.2) is 4.39 Å². The number of hydrogen-bond acceptors (Lipinski definition) is 1. The summed E-state index contributed by atoms with van der Waals surface area (Å²) in [5.74, 6) is 3.30. The van der Waals surface area contributed by atoms with E-state index in [1.165, 1.54) is 6.92 Å². The first-order valence-electron chi connectivity index (χ1n) is 4.91. The molecule has 1 aromatic carbocycles. The summed E-state index contributed by atoms with van der Waals surface area (Å²) in [7, 11) is 0. The zero-order valence-electron chi connectivity index (χ0n) is 9.36. The molecule has 0 aliphatic rings. The Kier molecular flexibility index (Phi) is 4.32. The molecular formula is C12H9F4NO. The molecule has 18 heavy (non-hydrogen) atoms. The van der Waals surface area contributed by atoms with Crippen LogP contribution in [0.25, 0.3) is 0 Å². The maximum absolute atomic E-state index is 12.8. The number of hydrogen-bond donors (Lipinski definition) is 1. The van der Waals surface area contributed by atoms with Crippen LogP contribution in [0.3, 0.4) is 0 Å². The number of halogens is 4. The highest BCUT2D eigenvalue weighted by Crippen LogP contribution is 2.32. The molecule has 0 atom stereocenters. The second-order valence-electron chi connectivity index (χ2n) is 3.40. The lowest BCUT2D eigenvalue weighted by Crippen LogP contribution is -2.19. The van der Waals surface area contributed by atoms with Crippen LogP contribution >= 0.6 is 0 Å². The number of nitrogens with one attached hydrogen (secondary N) is 1. The minimum absolute atomic E-state index is 0.0655. The first-order chi connectivity index (χ1) is 8.30. The molecule has 0 radical (unpaired) electrons. The van der Waals surface area contributed by atoms with Crippen molar-refractivity contribution in [1.82, 2.24) is 5.32 Å². The predicted molar refractivity (Wildman–Crippen MR) is 57.0 cm³/mol. The Morgan fingerprint density at radius 2 is 2.06 bits per heavy atom. The molecule has 0 heterocycles. The Balaban J connectivity index is 2.98. The lowest BCUT2D eigenvalue weighted by molar-refractivity contribution is -0.138. The Labute approximate surface area is 101 Å². The molecule has 6 heteroatoms. The highest BCUT2D eigenvalue weighted by Gasteiger charge is 2.33. The Bertz CT molecular complexity index is 511. The molecule has 0 spiro atoms. The number of rotatable bonds is 1. The molecule has 1 aromatic rings. The fraction of sp³-hybridized carbons (Fsp3) is 0.250. The topological polar surface area (TPSA) is 29.1 Å². The van der Waals surface area contributed by atoms with E-state index in [4.69, 9.17) is 0 Å². The van der Waals surface area contributed by atoms with Gasteiger partial charge in [0.1, 0.15) is 5.82 Å². The second kappa shape index (κ2) is 5.54. The van der Waals surface area contributed by atoms with Crippen LogP contribution in [0.15, 0.2) is 18.2 Å². The van der Waals surface area contributed by atoms with Crippen molar-refractivity contribution in [3.05, 3.63) is 35.1 Å². The Hall–Kier alpha value is -2.03. The first-order valence-corrected chi connectivity index (χ1v) is 4.91. The minimum atomic E-state index is -4.67. The van der Waals surface area contributed by atoms with Gasteiger partial charge in [0.15, 0.2) is 0 Å². The van der Waals surface area contributed by atoms with Gasteiger partial charge in [0.25, 0.3) is 0 Å². The summed E-state index contributed by atoms with van der Waals surface area (Å²) in [5, 5.41) is 2.32. The summed E-state index contributed by atoms with van der Waals surface area (Å²) < 4.78 is 50.5. The largest absolute Gasteiger partial charge is 0.417 e. The van der Waals surface area contributed by atoms with Gasteiger partial charge in [-0.15, -0.1) is 0 Å². The fourth-order valence-corrected chi connectivity index (χ4v) is 1.17. The van der Waals surface area contributed by atoms with Gasteiger partial charge in [0.2, 0.25) is 5.91 Å². The van der Waals surface area contributed by atoms with Crippen LogP contribution in [0.2, 0.25) is 0 Å². The van der Waals surface area contributed by atoms with Crippen LogP contribution in [0.1, 0.15) is 18.1 Å². The van der Waals surface area contributed by atoms with Gasteiger partial charge >= 0.3 is 6.18 Å². The van der Waals surface area contributed by atoms with Crippen molar-refractivity contribution in [3.63, 3.8) is 0 Å². The Morgan fingerprint density at radius 1 is 1.39 bits per heavy atom. The number of carbonyl (C=O) groups excluding carboxylic acids is 1. The van der Waals surface area contributed by atoms with Crippen LogP contribution in [0, 0.1) is 17.7 Å². The van der Waals surface area contributed by atoms with Gasteiger partial charge < -0.3 is 5.32 Å². The third-order valence-electron chi connectivity index (χ3n) is 1.94. The summed E-state index contributed by atoms with van der Waals surface area (Å²) in [6.45, 7) is 1.20. The normalized spacial score (nSPS) is 10.5. The maximum atomic E-state index is 12.8. The SMILES string of the molecule is CC(=O)NCC#Cc1ccc(F)cc1C(F)(F)F. The Morgan fingerprint density at radius 3 is 2.61 bits per heavy atom. The molecule has 0 fully saturated rings. The number of benzene rings is 1. The van der Waals surface area contributed by atoms with Gasteiger partial charge in [0, 0.05) is 12.5 Å². The second-order valence-corrected chi connectivity index (χ2v) is 3.40. The van der Waals surface area contributed by atoms with Crippen molar-refractivity contribution in [2.24, 2.45) is 0 Å². The van der Waals surface area contributed by atoms with E-state index in [0.717, 1.165) is 12.1 Å². The van der Waals surface area contributed by atoms with E-state index in [0.29, 0.717) is 6.07 Å². The van der Waals surface area contributed by atoms with Crippen molar-refractivity contribution < 1.29 is 22.4 Å². The van der Waals surface area contributed by atoms with Gasteiger partial charge in [-0.1, -0.05) is 11.8 Å². The molecule has 2 nitrogen and oxygen atoms in total. The molecular weight excluding hydrogens is 250 g/mol. The molecule has 0 saturated heterocycles. The van der Waals surface area contributed by atoms with E-state index >= 15 is 0 Å². The summed E-state index contributed by atoms with van der Waals surface area (Å²) in [6.07, 6.45) is -4.67. The fourth-order valence-electron chi connectivity index (χ4n) is 1.17. The molecule has 0 unspecified atom stereocenters. The molecule has 0 aromatic heterocycles. The van der Waals surface area contributed by atoms with Crippen LogP contribution in [0.4, 0.5) is 17.6 Å². The predicted octanol–water partition coefficient (Wildman–Crippen LogP) is 2.33. The van der Waals surface area contributed by atoms with E-state index in [2.05, 4.69) is 17.2 Å². The summed E-state index contributed by atoms with van der Waals surface area (Å²) in [6, 6.07) is 2.25. The molecule has 1 amide bonds. The minimum Gasteiger partial charge on any atom is -0.345 e. The molecule has 0 saturated carbocycles. The van der Waals surface area contributed by atoms with Gasteiger partial charge in [-0.05, 0) is 18.2 Å². The van der Waals surface area contributed by atoms with Gasteiger partial charge in [-0.2, -0.15) is 13.2 Å². The summed E-state index contributed by atoms with van der Waals surface area (Å²) >= 11 is 0. The van der Waals surface area contributed by atoms with Crippen LogP contribution in [-0.4, -0.2) is 12.5 Å². The highest BCUT2D eigenvalue weighted by molar-refractivity contribution is 5.73. The number of alkyl halides is 3. The molecule has 0 aliphatic carbocycles. The number of amides is 1. The molecule has 96 valence electrons.